The van der Waals surface area contributed by atoms with E-state index >= 15 is 0 Å². The molecule has 4 heteroatoms. The molecule has 1 aromatic rings. The van der Waals surface area contributed by atoms with Gasteiger partial charge in [-0.05, 0) is 39.0 Å². The van der Waals surface area contributed by atoms with Gasteiger partial charge in [-0.2, -0.15) is 0 Å². The minimum atomic E-state index is 0.292. The first-order valence-corrected chi connectivity index (χ1v) is 6.37. The highest BCUT2D eigenvalue weighted by molar-refractivity contribution is 5.40. The Morgan fingerprint density at radius 2 is 2.24 bits per heavy atom. The van der Waals surface area contributed by atoms with Crippen molar-refractivity contribution in [1.29, 1.82) is 0 Å². The normalized spacial score (nSPS) is 20.6. The summed E-state index contributed by atoms with van der Waals surface area (Å²) in [7, 11) is 0. The minimum absolute atomic E-state index is 0.292. The second kappa shape index (κ2) is 5.45. The van der Waals surface area contributed by atoms with Crippen molar-refractivity contribution in [3.8, 4) is 0 Å². The first kappa shape index (κ1) is 12.3. The first-order chi connectivity index (χ1) is 8.19. The second-order valence-electron chi connectivity index (χ2n) is 4.88. The highest BCUT2D eigenvalue weighted by Crippen LogP contribution is 2.23. The topological polar surface area (TPSA) is 49.2 Å². The molecule has 94 valence electrons. The van der Waals surface area contributed by atoms with Crippen molar-refractivity contribution in [2.75, 3.05) is 24.6 Å². The van der Waals surface area contributed by atoms with Crippen LogP contribution in [0.3, 0.4) is 0 Å². The van der Waals surface area contributed by atoms with Crippen molar-refractivity contribution in [3.05, 3.63) is 17.6 Å². The number of aryl methyl sites for hydroxylation is 2. The van der Waals surface area contributed by atoms with E-state index in [1.165, 1.54) is 12.8 Å². The fourth-order valence-corrected chi connectivity index (χ4v) is 2.55. The lowest BCUT2D eigenvalue weighted by Gasteiger charge is -2.33. The molecule has 0 amide bonds. The van der Waals surface area contributed by atoms with Gasteiger partial charge < -0.3 is 10.0 Å². The van der Waals surface area contributed by atoms with Crippen LogP contribution in [0.2, 0.25) is 0 Å². The molecule has 0 saturated carbocycles. The van der Waals surface area contributed by atoms with E-state index in [0.717, 1.165) is 36.8 Å². The summed E-state index contributed by atoms with van der Waals surface area (Å²) in [6.07, 6.45) is 3.31. The molecular weight excluding hydrogens is 214 g/mol. The van der Waals surface area contributed by atoms with Crippen LogP contribution >= 0.6 is 0 Å². The van der Waals surface area contributed by atoms with Crippen molar-refractivity contribution < 1.29 is 5.11 Å². The minimum Gasteiger partial charge on any atom is -0.396 e. The van der Waals surface area contributed by atoms with Crippen LogP contribution in [0, 0.1) is 19.8 Å². The number of aliphatic hydroxyl groups excluding tert-OH is 1. The summed E-state index contributed by atoms with van der Waals surface area (Å²) in [6, 6.07) is 2.05. The Hall–Kier alpha value is -1.16. The number of piperidine rings is 1. The average molecular weight is 235 g/mol. The van der Waals surface area contributed by atoms with E-state index < -0.39 is 0 Å². The predicted molar refractivity (Wildman–Crippen MR) is 68.1 cm³/mol. The zero-order chi connectivity index (χ0) is 12.3. The summed E-state index contributed by atoms with van der Waals surface area (Å²) in [5.41, 5.74) is 1.02. The Labute approximate surface area is 103 Å². The molecule has 2 heterocycles. The largest absolute Gasteiger partial charge is 0.396 e. The SMILES string of the molecule is Cc1cc(N2CCCC(CCO)C2)nc(C)n1. The summed E-state index contributed by atoms with van der Waals surface area (Å²) in [6.45, 7) is 6.31. The summed E-state index contributed by atoms with van der Waals surface area (Å²) in [4.78, 5) is 11.1. The third kappa shape index (κ3) is 3.16. The van der Waals surface area contributed by atoms with Gasteiger partial charge in [0.05, 0.1) is 0 Å². The van der Waals surface area contributed by atoms with Crippen molar-refractivity contribution in [1.82, 2.24) is 9.97 Å². The van der Waals surface area contributed by atoms with Crippen LogP contribution in [-0.2, 0) is 0 Å². The Morgan fingerprint density at radius 1 is 1.41 bits per heavy atom. The maximum Gasteiger partial charge on any atom is 0.132 e. The van der Waals surface area contributed by atoms with Gasteiger partial charge in [0, 0.05) is 31.5 Å². The van der Waals surface area contributed by atoms with Crippen LogP contribution in [-0.4, -0.2) is 34.8 Å². The molecular formula is C13H21N3O. The highest BCUT2D eigenvalue weighted by atomic mass is 16.3. The van der Waals surface area contributed by atoms with Gasteiger partial charge in [-0.25, -0.2) is 9.97 Å². The van der Waals surface area contributed by atoms with Crippen LogP contribution in [0.4, 0.5) is 5.82 Å². The smallest absolute Gasteiger partial charge is 0.132 e. The Bertz CT molecular complexity index is 359. The number of rotatable bonds is 3. The standard InChI is InChI=1S/C13H21N3O/c1-10-8-13(15-11(2)14-10)16-6-3-4-12(9-16)5-7-17/h8,12,17H,3-7,9H2,1-2H3. The number of aromatic nitrogens is 2. The molecule has 1 unspecified atom stereocenters. The molecule has 0 bridgehead atoms. The molecule has 1 aromatic heterocycles. The van der Waals surface area contributed by atoms with Crippen molar-refractivity contribution in [3.63, 3.8) is 0 Å². The molecule has 0 aliphatic carbocycles. The second-order valence-corrected chi connectivity index (χ2v) is 4.88. The zero-order valence-corrected chi connectivity index (χ0v) is 10.7. The summed E-state index contributed by atoms with van der Waals surface area (Å²) < 4.78 is 0. The first-order valence-electron chi connectivity index (χ1n) is 6.37. The van der Waals surface area contributed by atoms with Gasteiger partial charge in [0.1, 0.15) is 11.6 Å². The molecule has 1 aliphatic heterocycles. The molecule has 0 radical (unpaired) electrons. The predicted octanol–water partition coefficient (Wildman–Crippen LogP) is 1.69. The lowest BCUT2D eigenvalue weighted by atomic mass is 9.95. The molecule has 1 atom stereocenters. The van der Waals surface area contributed by atoms with E-state index in [-0.39, 0.29) is 0 Å². The Balaban J connectivity index is 2.10. The van der Waals surface area contributed by atoms with Crippen molar-refractivity contribution in [2.45, 2.75) is 33.1 Å². The van der Waals surface area contributed by atoms with E-state index in [4.69, 9.17) is 5.11 Å². The quantitative estimate of drug-likeness (QED) is 0.866. The van der Waals surface area contributed by atoms with Crippen molar-refractivity contribution >= 4 is 5.82 Å². The lowest BCUT2D eigenvalue weighted by Crippen LogP contribution is -2.36. The number of aliphatic hydroxyl groups is 1. The molecule has 1 aliphatic rings. The fourth-order valence-electron chi connectivity index (χ4n) is 2.55. The van der Waals surface area contributed by atoms with Crippen LogP contribution in [0.15, 0.2) is 6.07 Å². The van der Waals surface area contributed by atoms with Gasteiger partial charge in [-0.1, -0.05) is 0 Å². The third-order valence-corrected chi connectivity index (χ3v) is 3.33. The van der Waals surface area contributed by atoms with E-state index in [2.05, 4.69) is 14.9 Å². The molecule has 2 rings (SSSR count). The van der Waals surface area contributed by atoms with Crippen LogP contribution < -0.4 is 4.90 Å². The number of hydrogen-bond donors (Lipinski definition) is 1. The van der Waals surface area contributed by atoms with Gasteiger partial charge >= 0.3 is 0 Å². The molecule has 0 spiro atoms. The maximum atomic E-state index is 9.02. The van der Waals surface area contributed by atoms with Crippen LogP contribution in [0.5, 0.6) is 0 Å². The third-order valence-electron chi connectivity index (χ3n) is 3.33. The summed E-state index contributed by atoms with van der Waals surface area (Å²) in [5.74, 6) is 2.48. The monoisotopic (exact) mass is 235 g/mol. The van der Waals surface area contributed by atoms with Crippen LogP contribution in [0.1, 0.15) is 30.8 Å². The number of nitrogens with zero attached hydrogens (tertiary/aromatic N) is 3. The van der Waals surface area contributed by atoms with Gasteiger partial charge in [-0.15, -0.1) is 0 Å². The van der Waals surface area contributed by atoms with Gasteiger partial charge in [-0.3, -0.25) is 0 Å². The van der Waals surface area contributed by atoms with E-state index in [0.29, 0.717) is 12.5 Å². The zero-order valence-electron chi connectivity index (χ0n) is 10.7. The van der Waals surface area contributed by atoms with Gasteiger partial charge in [0.25, 0.3) is 0 Å². The molecule has 17 heavy (non-hydrogen) atoms. The average Bonchev–Trinajstić information content (AvgIpc) is 2.28. The van der Waals surface area contributed by atoms with E-state index in [1.54, 1.807) is 0 Å². The number of hydrogen-bond acceptors (Lipinski definition) is 4. The maximum absolute atomic E-state index is 9.02. The van der Waals surface area contributed by atoms with Gasteiger partial charge in [0.15, 0.2) is 0 Å². The summed E-state index contributed by atoms with van der Waals surface area (Å²) in [5, 5.41) is 9.02. The fraction of sp³-hybridized carbons (Fsp3) is 0.692. The Kier molecular flexibility index (Phi) is 3.94. The molecule has 0 aromatic carbocycles. The molecule has 1 N–H and O–H groups in total. The van der Waals surface area contributed by atoms with E-state index in [9.17, 15) is 0 Å². The van der Waals surface area contributed by atoms with Gasteiger partial charge in [0.2, 0.25) is 0 Å². The van der Waals surface area contributed by atoms with Crippen molar-refractivity contribution in [2.24, 2.45) is 5.92 Å². The van der Waals surface area contributed by atoms with E-state index in [1.807, 2.05) is 19.9 Å². The molecule has 1 saturated heterocycles. The van der Waals surface area contributed by atoms with Crippen LogP contribution in [0.25, 0.3) is 0 Å². The molecule has 1 fully saturated rings. The lowest BCUT2D eigenvalue weighted by molar-refractivity contribution is 0.244. The highest BCUT2D eigenvalue weighted by Gasteiger charge is 2.20. The number of anilines is 1. The molecule has 4 nitrogen and oxygen atoms in total. The summed E-state index contributed by atoms with van der Waals surface area (Å²) >= 11 is 0. The Morgan fingerprint density at radius 3 is 2.94 bits per heavy atom.